The van der Waals surface area contributed by atoms with Gasteiger partial charge in [0.2, 0.25) is 5.91 Å². The molecule has 2 aromatic heterocycles. The van der Waals surface area contributed by atoms with Gasteiger partial charge in [-0.25, -0.2) is 9.78 Å². The third kappa shape index (κ3) is 4.63. The molecule has 0 atom stereocenters. The molecule has 0 aliphatic heterocycles. The Kier molecular flexibility index (Phi) is 6.29. The van der Waals surface area contributed by atoms with Gasteiger partial charge in [-0.2, -0.15) is 0 Å². The number of benzene rings is 1. The molecule has 2 heterocycles. The van der Waals surface area contributed by atoms with Crippen molar-refractivity contribution in [3.05, 3.63) is 56.6 Å². The van der Waals surface area contributed by atoms with Crippen LogP contribution < -0.4 is 5.32 Å². The minimum absolute atomic E-state index is 0.121. The summed E-state index contributed by atoms with van der Waals surface area (Å²) in [4.78, 5) is 43.8. The molecule has 0 bridgehead atoms. The SMILES string of the molecule is COC(=O)c1c(CC(=O)Nc2nc(-c3cccc(Br)c3)cs2)[nH]c(C(C)=O)c1C. The van der Waals surface area contributed by atoms with Crippen molar-refractivity contribution in [3.8, 4) is 11.3 Å². The lowest BCUT2D eigenvalue weighted by molar-refractivity contribution is -0.115. The van der Waals surface area contributed by atoms with Gasteiger partial charge in [-0.3, -0.25) is 9.59 Å². The van der Waals surface area contributed by atoms with E-state index in [2.05, 4.69) is 31.2 Å². The van der Waals surface area contributed by atoms with Crippen molar-refractivity contribution < 1.29 is 19.1 Å². The summed E-state index contributed by atoms with van der Waals surface area (Å²) in [6.45, 7) is 3.04. The lowest BCUT2D eigenvalue weighted by Gasteiger charge is -2.04. The van der Waals surface area contributed by atoms with Gasteiger partial charge in [-0.05, 0) is 24.6 Å². The highest BCUT2D eigenvalue weighted by Crippen LogP contribution is 2.27. The Bertz CT molecular complexity index is 1100. The number of hydrogen-bond acceptors (Lipinski definition) is 6. The van der Waals surface area contributed by atoms with Crippen molar-refractivity contribution in [1.29, 1.82) is 0 Å². The summed E-state index contributed by atoms with van der Waals surface area (Å²) in [5.41, 5.74) is 2.98. The number of ketones is 1. The fraction of sp³-hybridized carbons (Fsp3) is 0.200. The molecule has 0 aliphatic carbocycles. The highest BCUT2D eigenvalue weighted by molar-refractivity contribution is 9.10. The maximum atomic E-state index is 12.5. The third-order valence-electron chi connectivity index (χ3n) is 4.28. The van der Waals surface area contributed by atoms with Crippen LogP contribution in [0.3, 0.4) is 0 Å². The van der Waals surface area contributed by atoms with Gasteiger partial charge in [-0.1, -0.05) is 28.1 Å². The van der Waals surface area contributed by atoms with Gasteiger partial charge in [0.1, 0.15) is 0 Å². The number of aromatic nitrogens is 2. The van der Waals surface area contributed by atoms with Crippen molar-refractivity contribution >= 4 is 50.1 Å². The highest BCUT2D eigenvalue weighted by atomic mass is 79.9. The molecule has 1 aromatic carbocycles. The molecule has 3 rings (SSSR count). The summed E-state index contributed by atoms with van der Waals surface area (Å²) in [6.07, 6.45) is -0.121. The van der Waals surface area contributed by atoms with E-state index in [0.717, 1.165) is 15.7 Å². The summed E-state index contributed by atoms with van der Waals surface area (Å²) in [5.74, 6) is -1.18. The molecule has 0 saturated heterocycles. The molecule has 0 fully saturated rings. The van der Waals surface area contributed by atoms with Gasteiger partial charge in [0.25, 0.3) is 0 Å². The van der Waals surface area contributed by atoms with E-state index >= 15 is 0 Å². The smallest absolute Gasteiger partial charge is 0.339 e. The zero-order valence-electron chi connectivity index (χ0n) is 16.0. The number of methoxy groups -OCH3 is 1. The summed E-state index contributed by atoms with van der Waals surface area (Å²) >= 11 is 4.73. The number of anilines is 1. The molecule has 0 unspecified atom stereocenters. The molecular formula is C20H18BrN3O4S. The number of amides is 1. The Labute approximate surface area is 179 Å². The predicted molar refractivity (Wildman–Crippen MR) is 114 cm³/mol. The number of Topliss-reactive ketones (excluding diaryl/α,β-unsaturated/α-hetero) is 1. The van der Waals surface area contributed by atoms with Crippen molar-refractivity contribution in [2.24, 2.45) is 0 Å². The van der Waals surface area contributed by atoms with Gasteiger partial charge in [0, 0.05) is 28.0 Å². The minimum atomic E-state index is -0.597. The van der Waals surface area contributed by atoms with Crippen molar-refractivity contribution in [2.45, 2.75) is 20.3 Å². The molecule has 150 valence electrons. The minimum Gasteiger partial charge on any atom is -0.465 e. The molecule has 0 aliphatic rings. The second-order valence-electron chi connectivity index (χ2n) is 6.30. The molecule has 2 N–H and O–H groups in total. The van der Waals surface area contributed by atoms with Crippen LogP contribution in [0.5, 0.6) is 0 Å². The van der Waals surface area contributed by atoms with E-state index in [9.17, 15) is 14.4 Å². The van der Waals surface area contributed by atoms with Crippen LogP contribution in [0.1, 0.15) is 39.0 Å². The van der Waals surface area contributed by atoms with Crippen LogP contribution in [0.2, 0.25) is 0 Å². The Morgan fingerprint density at radius 1 is 1.31 bits per heavy atom. The normalized spacial score (nSPS) is 10.6. The quantitative estimate of drug-likeness (QED) is 0.406. The fourth-order valence-corrected chi connectivity index (χ4v) is 4.09. The number of carbonyl (C=O) groups excluding carboxylic acids is 3. The maximum Gasteiger partial charge on any atom is 0.339 e. The number of halogens is 1. The number of H-pyrrole nitrogens is 1. The lowest BCUT2D eigenvalue weighted by Crippen LogP contribution is -2.17. The standard InChI is InChI=1S/C20H18BrN3O4S/c1-10-17(19(27)28-3)14(22-18(10)11(2)25)8-16(26)24-20-23-15(9-29-20)12-5-4-6-13(21)7-12/h4-7,9,22H,8H2,1-3H3,(H,23,24,26). The van der Waals surface area contributed by atoms with Crippen LogP contribution >= 0.6 is 27.3 Å². The molecule has 29 heavy (non-hydrogen) atoms. The second-order valence-corrected chi connectivity index (χ2v) is 8.07. The Hall–Kier alpha value is -2.78. The number of aromatic amines is 1. The van der Waals surface area contributed by atoms with Gasteiger partial charge in [-0.15, -0.1) is 11.3 Å². The third-order valence-corrected chi connectivity index (χ3v) is 5.53. The van der Waals surface area contributed by atoms with Crippen LogP contribution in [0.25, 0.3) is 11.3 Å². The van der Waals surface area contributed by atoms with Gasteiger partial charge in [0.05, 0.1) is 30.5 Å². The largest absolute Gasteiger partial charge is 0.465 e. The number of ether oxygens (including phenoxy) is 1. The number of carbonyl (C=O) groups is 3. The molecule has 1 amide bonds. The van der Waals surface area contributed by atoms with E-state index in [1.54, 1.807) is 6.92 Å². The molecule has 3 aromatic rings. The fourth-order valence-electron chi connectivity index (χ4n) is 2.96. The van der Waals surface area contributed by atoms with Crippen LogP contribution in [-0.4, -0.2) is 34.7 Å². The summed E-state index contributed by atoms with van der Waals surface area (Å²) in [5, 5.41) is 5.03. The topological polar surface area (TPSA) is 101 Å². The average Bonchev–Trinajstić information content (AvgIpc) is 3.25. The number of hydrogen-bond donors (Lipinski definition) is 2. The molecule has 0 saturated carbocycles. The monoisotopic (exact) mass is 475 g/mol. The predicted octanol–water partition coefficient (Wildman–Crippen LogP) is 4.38. The number of nitrogens with zero attached hydrogens (tertiary/aromatic N) is 1. The summed E-state index contributed by atoms with van der Waals surface area (Å²) in [7, 11) is 1.26. The van der Waals surface area contributed by atoms with E-state index in [4.69, 9.17) is 4.74 Å². The molecule has 7 nitrogen and oxygen atoms in total. The highest BCUT2D eigenvalue weighted by Gasteiger charge is 2.24. The first-order valence-corrected chi connectivity index (χ1v) is 10.3. The van der Waals surface area contributed by atoms with Crippen LogP contribution in [-0.2, 0) is 16.0 Å². The van der Waals surface area contributed by atoms with Gasteiger partial charge >= 0.3 is 5.97 Å². The van der Waals surface area contributed by atoms with Crippen LogP contribution in [0.4, 0.5) is 5.13 Å². The zero-order chi connectivity index (χ0) is 21.1. The molecular weight excluding hydrogens is 458 g/mol. The maximum absolute atomic E-state index is 12.5. The van der Waals surface area contributed by atoms with Crippen LogP contribution in [0, 0.1) is 6.92 Å². The summed E-state index contributed by atoms with van der Waals surface area (Å²) in [6, 6.07) is 7.70. The molecule has 0 radical (unpaired) electrons. The average molecular weight is 476 g/mol. The lowest BCUT2D eigenvalue weighted by atomic mass is 10.1. The summed E-state index contributed by atoms with van der Waals surface area (Å²) < 4.78 is 5.73. The number of esters is 1. The first kappa shape index (κ1) is 20.9. The second kappa shape index (κ2) is 8.71. The van der Waals surface area contributed by atoms with E-state index in [-0.39, 0.29) is 23.7 Å². The van der Waals surface area contributed by atoms with E-state index in [1.807, 2.05) is 29.6 Å². The molecule has 0 spiro atoms. The number of rotatable bonds is 6. The number of nitrogens with one attached hydrogen (secondary N) is 2. The van der Waals surface area contributed by atoms with E-state index in [0.29, 0.717) is 22.1 Å². The van der Waals surface area contributed by atoms with E-state index < -0.39 is 5.97 Å². The van der Waals surface area contributed by atoms with Crippen molar-refractivity contribution in [2.75, 3.05) is 12.4 Å². The Morgan fingerprint density at radius 3 is 2.72 bits per heavy atom. The van der Waals surface area contributed by atoms with Crippen molar-refractivity contribution in [3.63, 3.8) is 0 Å². The van der Waals surface area contributed by atoms with E-state index in [1.165, 1.54) is 25.4 Å². The Morgan fingerprint density at radius 2 is 2.07 bits per heavy atom. The van der Waals surface area contributed by atoms with Gasteiger partial charge in [0.15, 0.2) is 10.9 Å². The van der Waals surface area contributed by atoms with Crippen molar-refractivity contribution in [1.82, 2.24) is 9.97 Å². The molecule has 9 heteroatoms. The number of thiazole rings is 1. The Balaban J connectivity index is 1.79. The first-order chi connectivity index (χ1) is 13.8. The zero-order valence-corrected chi connectivity index (χ0v) is 18.4. The van der Waals surface area contributed by atoms with Crippen LogP contribution in [0.15, 0.2) is 34.1 Å². The first-order valence-electron chi connectivity index (χ1n) is 8.62. The van der Waals surface area contributed by atoms with Gasteiger partial charge < -0.3 is 15.0 Å².